The van der Waals surface area contributed by atoms with E-state index < -0.39 is 0 Å². The van der Waals surface area contributed by atoms with Crippen molar-refractivity contribution in [2.75, 3.05) is 18.9 Å². The first-order chi connectivity index (χ1) is 8.75. The topological polar surface area (TPSA) is 77.2 Å². The summed E-state index contributed by atoms with van der Waals surface area (Å²) in [7, 11) is 0. The number of carbonyl (C=O) groups is 1. The van der Waals surface area contributed by atoms with E-state index in [0.717, 1.165) is 12.8 Å². The van der Waals surface area contributed by atoms with E-state index in [1.54, 1.807) is 5.38 Å². The van der Waals surface area contributed by atoms with Crippen molar-refractivity contribution in [1.29, 1.82) is 0 Å². The van der Waals surface area contributed by atoms with Crippen molar-refractivity contribution < 1.29 is 9.53 Å². The second-order valence-electron chi connectivity index (χ2n) is 4.46. The van der Waals surface area contributed by atoms with Crippen molar-refractivity contribution in [3.8, 4) is 0 Å². The number of nitrogens with two attached hydrogens (primary N) is 1. The molecule has 1 aromatic rings. The molecule has 6 heteroatoms. The van der Waals surface area contributed by atoms with Crippen LogP contribution in [0.3, 0.4) is 0 Å². The molecule has 0 aromatic carbocycles. The van der Waals surface area contributed by atoms with Crippen LogP contribution in [0.25, 0.3) is 0 Å². The molecule has 1 fully saturated rings. The smallest absolute Gasteiger partial charge is 0.270 e. The lowest BCUT2D eigenvalue weighted by Gasteiger charge is -2.21. The molecule has 1 heterocycles. The Morgan fingerprint density at radius 2 is 2.28 bits per heavy atom. The van der Waals surface area contributed by atoms with E-state index in [9.17, 15) is 4.79 Å². The molecule has 0 radical (unpaired) electrons. The van der Waals surface area contributed by atoms with Gasteiger partial charge in [0.05, 0.1) is 12.7 Å². The number of anilines is 1. The Morgan fingerprint density at radius 3 is 2.94 bits per heavy atom. The fourth-order valence-electron chi connectivity index (χ4n) is 2.10. The summed E-state index contributed by atoms with van der Waals surface area (Å²) < 4.78 is 5.72. The lowest BCUT2D eigenvalue weighted by molar-refractivity contribution is 0.0299. The summed E-state index contributed by atoms with van der Waals surface area (Å²) in [6.07, 6.45) is 6.52. The Bertz CT molecular complexity index is 388. The number of rotatable bonds is 5. The summed E-state index contributed by atoms with van der Waals surface area (Å²) in [4.78, 5) is 15.6. The van der Waals surface area contributed by atoms with Gasteiger partial charge in [0.25, 0.3) is 5.91 Å². The zero-order valence-electron chi connectivity index (χ0n) is 10.4. The van der Waals surface area contributed by atoms with Crippen molar-refractivity contribution in [3.63, 3.8) is 0 Å². The van der Waals surface area contributed by atoms with E-state index in [4.69, 9.17) is 10.5 Å². The molecule has 0 atom stereocenters. The number of thiazole rings is 1. The molecular formula is C12H19N3O2S. The third kappa shape index (κ3) is 3.96. The maximum absolute atomic E-state index is 11.6. The normalized spacial score (nSPS) is 16.7. The van der Waals surface area contributed by atoms with E-state index in [1.165, 1.54) is 30.6 Å². The molecular weight excluding hydrogens is 250 g/mol. The van der Waals surface area contributed by atoms with Crippen LogP contribution in [-0.2, 0) is 4.74 Å². The van der Waals surface area contributed by atoms with E-state index in [1.807, 2.05) is 0 Å². The lowest BCUT2D eigenvalue weighted by atomic mass is 9.98. The Morgan fingerprint density at radius 1 is 1.50 bits per heavy atom. The van der Waals surface area contributed by atoms with E-state index >= 15 is 0 Å². The highest BCUT2D eigenvalue weighted by molar-refractivity contribution is 7.13. The standard InChI is InChI=1S/C12H19N3O2S/c13-12-15-10(8-18-12)11(16)14-6-7-17-9-4-2-1-3-5-9/h8-9H,1-7H2,(H2,13,15)(H,14,16). The molecule has 1 saturated carbocycles. The van der Waals surface area contributed by atoms with Crippen molar-refractivity contribution in [3.05, 3.63) is 11.1 Å². The SMILES string of the molecule is Nc1nc(C(=O)NCCOC2CCCCC2)cs1. The molecule has 1 amide bonds. The molecule has 2 rings (SSSR count). The number of hydrogen-bond donors (Lipinski definition) is 2. The highest BCUT2D eigenvalue weighted by atomic mass is 32.1. The van der Waals surface area contributed by atoms with Crippen LogP contribution in [0.4, 0.5) is 5.13 Å². The summed E-state index contributed by atoms with van der Waals surface area (Å²) in [5.41, 5.74) is 5.86. The molecule has 18 heavy (non-hydrogen) atoms. The minimum Gasteiger partial charge on any atom is -0.376 e. The summed E-state index contributed by atoms with van der Waals surface area (Å²) in [6.45, 7) is 1.09. The molecule has 0 saturated heterocycles. The number of nitrogens with one attached hydrogen (secondary N) is 1. The van der Waals surface area contributed by atoms with Gasteiger partial charge in [0.15, 0.2) is 5.13 Å². The predicted molar refractivity (Wildman–Crippen MR) is 71.7 cm³/mol. The summed E-state index contributed by atoms with van der Waals surface area (Å²) >= 11 is 1.27. The predicted octanol–water partition coefficient (Wildman–Crippen LogP) is 1.80. The average molecular weight is 269 g/mol. The third-order valence-corrected chi connectivity index (χ3v) is 3.72. The first kappa shape index (κ1) is 13.3. The Labute approximate surface area is 111 Å². The van der Waals surface area contributed by atoms with Gasteiger partial charge in [-0.15, -0.1) is 11.3 Å². The zero-order chi connectivity index (χ0) is 12.8. The minimum absolute atomic E-state index is 0.185. The minimum atomic E-state index is -0.185. The van der Waals surface area contributed by atoms with Gasteiger partial charge in [-0.25, -0.2) is 4.98 Å². The fraction of sp³-hybridized carbons (Fsp3) is 0.667. The lowest BCUT2D eigenvalue weighted by Crippen LogP contribution is -2.29. The maximum atomic E-state index is 11.6. The van der Waals surface area contributed by atoms with Crippen molar-refractivity contribution in [2.24, 2.45) is 0 Å². The Hall–Kier alpha value is -1.14. The number of amides is 1. The van der Waals surface area contributed by atoms with Crippen molar-refractivity contribution >= 4 is 22.4 Å². The quantitative estimate of drug-likeness (QED) is 0.799. The maximum Gasteiger partial charge on any atom is 0.270 e. The van der Waals surface area contributed by atoms with E-state index in [0.29, 0.717) is 30.1 Å². The molecule has 5 nitrogen and oxygen atoms in total. The van der Waals surface area contributed by atoms with Gasteiger partial charge in [-0.1, -0.05) is 19.3 Å². The third-order valence-electron chi connectivity index (χ3n) is 3.05. The fourth-order valence-corrected chi connectivity index (χ4v) is 2.65. The zero-order valence-corrected chi connectivity index (χ0v) is 11.2. The Kier molecular flexibility index (Phi) is 4.95. The summed E-state index contributed by atoms with van der Waals surface area (Å²) in [5.74, 6) is -0.185. The monoisotopic (exact) mass is 269 g/mol. The van der Waals surface area contributed by atoms with Crippen LogP contribution < -0.4 is 11.1 Å². The van der Waals surface area contributed by atoms with Crippen molar-refractivity contribution in [1.82, 2.24) is 10.3 Å². The Balaban J connectivity index is 1.61. The van der Waals surface area contributed by atoms with Gasteiger partial charge in [0, 0.05) is 11.9 Å². The molecule has 1 aliphatic rings. The van der Waals surface area contributed by atoms with Crippen LogP contribution in [0.2, 0.25) is 0 Å². The number of hydrogen-bond acceptors (Lipinski definition) is 5. The number of nitrogens with zero attached hydrogens (tertiary/aromatic N) is 1. The molecule has 0 aliphatic heterocycles. The molecule has 3 N–H and O–H groups in total. The van der Waals surface area contributed by atoms with Crippen LogP contribution in [-0.4, -0.2) is 30.1 Å². The molecule has 1 aliphatic carbocycles. The van der Waals surface area contributed by atoms with Crippen LogP contribution in [0.1, 0.15) is 42.6 Å². The second-order valence-corrected chi connectivity index (χ2v) is 5.35. The first-order valence-electron chi connectivity index (χ1n) is 6.36. The van der Waals surface area contributed by atoms with Gasteiger partial charge in [-0.3, -0.25) is 4.79 Å². The van der Waals surface area contributed by atoms with Crippen LogP contribution >= 0.6 is 11.3 Å². The molecule has 0 unspecified atom stereocenters. The van der Waals surface area contributed by atoms with Crippen LogP contribution in [0, 0.1) is 0 Å². The number of nitrogen functional groups attached to an aromatic ring is 1. The van der Waals surface area contributed by atoms with E-state index in [2.05, 4.69) is 10.3 Å². The first-order valence-corrected chi connectivity index (χ1v) is 7.24. The van der Waals surface area contributed by atoms with Gasteiger partial charge in [0.1, 0.15) is 5.69 Å². The molecule has 1 aromatic heterocycles. The van der Waals surface area contributed by atoms with E-state index in [-0.39, 0.29) is 5.91 Å². The van der Waals surface area contributed by atoms with Gasteiger partial charge >= 0.3 is 0 Å². The highest BCUT2D eigenvalue weighted by Gasteiger charge is 2.13. The molecule has 0 bridgehead atoms. The highest BCUT2D eigenvalue weighted by Crippen LogP contribution is 2.19. The number of aromatic nitrogens is 1. The van der Waals surface area contributed by atoms with Crippen LogP contribution in [0.15, 0.2) is 5.38 Å². The average Bonchev–Trinajstić information content (AvgIpc) is 2.82. The summed E-state index contributed by atoms with van der Waals surface area (Å²) in [6, 6.07) is 0. The second kappa shape index (κ2) is 6.70. The van der Waals surface area contributed by atoms with Gasteiger partial charge in [0.2, 0.25) is 0 Å². The van der Waals surface area contributed by atoms with Gasteiger partial charge < -0.3 is 15.8 Å². The number of ether oxygens (including phenoxy) is 1. The molecule has 0 spiro atoms. The van der Waals surface area contributed by atoms with Gasteiger partial charge in [-0.05, 0) is 12.8 Å². The van der Waals surface area contributed by atoms with Gasteiger partial charge in [-0.2, -0.15) is 0 Å². The molecule has 100 valence electrons. The largest absolute Gasteiger partial charge is 0.376 e. The van der Waals surface area contributed by atoms with Crippen molar-refractivity contribution in [2.45, 2.75) is 38.2 Å². The summed E-state index contributed by atoms with van der Waals surface area (Å²) in [5, 5.41) is 4.85. The number of carbonyl (C=O) groups excluding carboxylic acids is 1. The van der Waals surface area contributed by atoms with Crippen LogP contribution in [0.5, 0.6) is 0 Å².